The first-order valence-electron chi connectivity index (χ1n) is 7.82. The van der Waals surface area contributed by atoms with Gasteiger partial charge in [0.15, 0.2) is 0 Å². The molecule has 6 heteroatoms. The quantitative estimate of drug-likeness (QED) is 0.560. The summed E-state index contributed by atoms with van der Waals surface area (Å²) in [5.41, 5.74) is 1.48. The van der Waals surface area contributed by atoms with Gasteiger partial charge in [0.05, 0.1) is 10.7 Å². The van der Waals surface area contributed by atoms with E-state index in [0.717, 1.165) is 4.88 Å². The predicted molar refractivity (Wildman–Crippen MR) is 104 cm³/mol. The zero-order valence-electron chi connectivity index (χ0n) is 13.4. The highest BCUT2D eigenvalue weighted by Gasteiger charge is 2.33. The Bertz CT molecular complexity index is 1030. The minimum atomic E-state index is -0.369. The summed E-state index contributed by atoms with van der Waals surface area (Å²) in [5, 5.41) is 2.42. The molecule has 0 aliphatic carbocycles. The Kier molecular flexibility index (Phi) is 4.41. The molecule has 1 aliphatic heterocycles. The molecule has 0 unspecified atom stereocenters. The van der Waals surface area contributed by atoms with Crippen molar-refractivity contribution in [3.8, 4) is 0 Å². The SMILES string of the molecule is O=C1/C(=C\c2cccs2)N=C(c2ccccc2Cl)N1c1ccc(F)cc1. The van der Waals surface area contributed by atoms with Crippen LogP contribution in [0.3, 0.4) is 0 Å². The Balaban J connectivity index is 1.86. The summed E-state index contributed by atoms with van der Waals surface area (Å²) < 4.78 is 13.3. The Labute approximate surface area is 158 Å². The summed E-state index contributed by atoms with van der Waals surface area (Å²) in [4.78, 5) is 19.9. The molecule has 2 aromatic carbocycles. The third kappa shape index (κ3) is 3.07. The molecule has 0 saturated carbocycles. The molecule has 0 spiro atoms. The van der Waals surface area contributed by atoms with E-state index in [1.165, 1.54) is 28.4 Å². The second-order valence-electron chi connectivity index (χ2n) is 5.58. The molecular weight excluding hydrogens is 371 g/mol. The second-order valence-corrected chi connectivity index (χ2v) is 6.96. The molecule has 0 N–H and O–H groups in total. The van der Waals surface area contributed by atoms with Crippen LogP contribution in [0, 0.1) is 5.82 Å². The van der Waals surface area contributed by atoms with Gasteiger partial charge < -0.3 is 0 Å². The molecule has 0 bridgehead atoms. The van der Waals surface area contributed by atoms with Gasteiger partial charge in [-0.3, -0.25) is 9.69 Å². The van der Waals surface area contributed by atoms with Crippen LogP contribution in [0.2, 0.25) is 5.02 Å². The first-order valence-corrected chi connectivity index (χ1v) is 9.08. The van der Waals surface area contributed by atoms with E-state index >= 15 is 0 Å². The number of hydrogen-bond acceptors (Lipinski definition) is 3. The average Bonchev–Trinajstić information content (AvgIpc) is 3.26. The highest BCUT2D eigenvalue weighted by atomic mass is 35.5. The van der Waals surface area contributed by atoms with Crippen LogP contribution in [0.1, 0.15) is 10.4 Å². The number of aliphatic imine (C=N–C) groups is 1. The molecule has 0 saturated heterocycles. The van der Waals surface area contributed by atoms with Crippen LogP contribution in [0.15, 0.2) is 76.7 Å². The molecule has 3 nitrogen and oxygen atoms in total. The monoisotopic (exact) mass is 382 g/mol. The summed E-state index contributed by atoms with van der Waals surface area (Å²) in [6.45, 7) is 0. The molecular formula is C20H12ClFN2OS. The lowest BCUT2D eigenvalue weighted by Gasteiger charge is -2.19. The summed E-state index contributed by atoms with van der Waals surface area (Å²) >= 11 is 7.84. The van der Waals surface area contributed by atoms with Crippen molar-refractivity contribution in [1.82, 2.24) is 0 Å². The molecule has 0 atom stereocenters. The van der Waals surface area contributed by atoms with E-state index in [2.05, 4.69) is 4.99 Å². The zero-order chi connectivity index (χ0) is 18.1. The maximum Gasteiger partial charge on any atom is 0.282 e. The van der Waals surface area contributed by atoms with Gasteiger partial charge in [-0.25, -0.2) is 9.38 Å². The van der Waals surface area contributed by atoms with E-state index in [-0.39, 0.29) is 11.7 Å². The topological polar surface area (TPSA) is 32.7 Å². The fraction of sp³-hybridized carbons (Fsp3) is 0. The van der Waals surface area contributed by atoms with Gasteiger partial charge in [-0.1, -0.05) is 29.8 Å². The van der Waals surface area contributed by atoms with Crippen molar-refractivity contribution in [2.24, 2.45) is 4.99 Å². The van der Waals surface area contributed by atoms with Gasteiger partial charge in [-0.05, 0) is 53.9 Å². The largest absolute Gasteiger partial charge is 0.282 e. The third-order valence-corrected chi connectivity index (χ3v) is 5.03. The first kappa shape index (κ1) is 16.7. The number of rotatable bonds is 3. The summed E-state index contributed by atoms with van der Waals surface area (Å²) in [5.74, 6) is -0.221. The number of benzene rings is 2. The third-order valence-electron chi connectivity index (χ3n) is 3.88. The number of halogens is 2. The minimum absolute atomic E-state index is 0.278. The Morgan fingerprint density at radius 1 is 1.04 bits per heavy atom. The summed E-state index contributed by atoms with van der Waals surface area (Å²) in [6.07, 6.45) is 1.74. The molecule has 128 valence electrons. The van der Waals surface area contributed by atoms with Gasteiger partial charge in [-0.2, -0.15) is 0 Å². The number of hydrogen-bond donors (Lipinski definition) is 0. The van der Waals surface area contributed by atoms with Crippen molar-refractivity contribution in [1.29, 1.82) is 0 Å². The van der Waals surface area contributed by atoms with Crippen molar-refractivity contribution >= 4 is 46.4 Å². The number of amides is 1. The van der Waals surface area contributed by atoms with Gasteiger partial charge in [0.1, 0.15) is 17.3 Å². The van der Waals surface area contributed by atoms with Gasteiger partial charge in [-0.15, -0.1) is 11.3 Å². The van der Waals surface area contributed by atoms with Crippen LogP contribution in [0.5, 0.6) is 0 Å². The summed E-state index contributed by atoms with van der Waals surface area (Å²) in [7, 11) is 0. The lowest BCUT2D eigenvalue weighted by Crippen LogP contribution is -2.32. The highest BCUT2D eigenvalue weighted by Crippen LogP contribution is 2.30. The van der Waals surface area contributed by atoms with Crippen molar-refractivity contribution in [3.63, 3.8) is 0 Å². The zero-order valence-corrected chi connectivity index (χ0v) is 15.0. The molecule has 1 amide bonds. The van der Waals surface area contributed by atoms with Crippen LogP contribution < -0.4 is 4.90 Å². The van der Waals surface area contributed by atoms with E-state index in [4.69, 9.17) is 11.6 Å². The van der Waals surface area contributed by atoms with Crippen molar-refractivity contribution in [3.05, 3.63) is 93.0 Å². The van der Waals surface area contributed by atoms with Crippen molar-refractivity contribution in [2.45, 2.75) is 0 Å². The Morgan fingerprint density at radius 3 is 2.50 bits per heavy atom. The van der Waals surface area contributed by atoms with E-state index < -0.39 is 0 Å². The van der Waals surface area contributed by atoms with Gasteiger partial charge in [0.25, 0.3) is 5.91 Å². The van der Waals surface area contributed by atoms with Crippen molar-refractivity contribution in [2.75, 3.05) is 4.90 Å². The van der Waals surface area contributed by atoms with Gasteiger partial charge >= 0.3 is 0 Å². The number of thiophene rings is 1. The van der Waals surface area contributed by atoms with E-state index in [1.54, 1.807) is 30.3 Å². The summed E-state index contributed by atoms with van der Waals surface area (Å²) in [6, 6.07) is 16.7. The van der Waals surface area contributed by atoms with E-state index in [1.807, 2.05) is 29.6 Å². The second kappa shape index (κ2) is 6.86. The molecule has 1 aliphatic rings. The normalized spacial score (nSPS) is 15.6. The standard InChI is InChI=1S/C20H12ClFN2OS/c21-17-6-2-1-5-16(17)19-23-18(12-15-4-3-11-26-15)20(25)24(19)14-9-7-13(22)8-10-14/h1-12H/b18-12+. The van der Waals surface area contributed by atoms with Gasteiger partial charge in [0.2, 0.25) is 0 Å². The van der Waals surface area contributed by atoms with Crippen LogP contribution >= 0.6 is 22.9 Å². The van der Waals surface area contributed by atoms with Crippen LogP contribution in [0.4, 0.5) is 10.1 Å². The van der Waals surface area contributed by atoms with E-state index in [9.17, 15) is 9.18 Å². The molecule has 3 aromatic rings. The number of anilines is 1. The number of carbonyl (C=O) groups is 1. The van der Waals surface area contributed by atoms with Crippen LogP contribution in [0.25, 0.3) is 6.08 Å². The first-order chi connectivity index (χ1) is 12.6. The minimum Gasteiger partial charge on any atom is -0.266 e. The molecule has 0 radical (unpaired) electrons. The smallest absolute Gasteiger partial charge is 0.266 e. The number of amidine groups is 1. The molecule has 2 heterocycles. The van der Waals surface area contributed by atoms with Crippen molar-refractivity contribution < 1.29 is 9.18 Å². The number of carbonyl (C=O) groups excluding carboxylic acids is 1. The van der Waals surface area contributed by atoms with E-state index in [0.29, 0.717) is 27.8 Å². The lowest BCUT2D eigenvalue weighted by molar-refractivity contribution is -0.113. The fourth-order valence-electron chi connectivity index (χ4n) is 2.68. The van der Waals surface area contributed by atoms with Gasteiger partial charge in [0, 0.05) is 10.4 Å². The molecule has 0 fully saturated rings. The Morgan fingerprint density at radius 2 is 1.81 bits per heavy atom. The number of nitrogens with zero attached hydrogens (tertiary/aromatic N) is 2. The maximum absolute atomic E-state index is 13.3. The lowest BCUT2D eigenvalue weighted by atomic mass is 10.1. The van der Waals surface area contributed by atoms with Crippen LogP contribution in [-0.2, 0) is 4.79 Å². The van der Waals surface area contributed by atoms with Crippen LogP contribution in [-0.4, -0.2) is 11.7 Å². The molecule has 4 rings (SSSR count). The molecule has 26 heavy (non-hydrogen) atoms. The maximum atomic E-state index is 13.3. The molecule has 1 aromatic heterocycles. The highest BCUT2D eigenvalue weighted by molar-refractivity contribution is 7.10. The predicted octanol–water partition coefficient (Wildman–Crippen LogP) is 5.38. The Hall–Kier alpha value is -2.76. The fourth-order valence-corrected chi connectivity index (χ4v) is 3.55. The average molecular weight is 383 g/mol.